The van der Waals surface area contributed by atoms with Crippen molar-refractivity contribution in [3.8, 4) is 0 Å². The van der Waals surface area contributed by atoms with Gasteiger partial charge in [-0.3, -0.25) is 0 Å². The lowest BCUT2D eigenvalue weighted by Gasteiger charge is -2.29. The minimum Gasteiger partial charge on any atom is -0.0776 e. The highest BCUT2D eigenvalue weighted by Gasteiger charge is 2.26. The van der Waals surface area contributed by atoms with Crippen molar-refractivity contribution in [2.45, 2.75) is 163 Å². The van der Waals surface area contributed by atoms with Crippen molar-refractivity contribution in [1.29, 1.82) is 0 Å². The Morgan fingerprint density at radius 2 is 1.10 bits per heavy atom. The topological polar surface area (TPSA) is 0 Å². The zero-order valence-electron chi connectivity index (χ0n) is 24.7. The largest absolute Gasteiger partial charge is 0.0776 e. The van der Waals surface area contributed by atoms with Gasteiger partial charge in [0.1, 0.15) is 0 Å². The third kappa shape index (κ3) is 24.5. The van der Waals surface area contributed by atoms with Crippen LogP contribution in [0.2, 0.25) is 0 Å². The highest BCUT2D eigenvalue weighted by molar-refractivity contribution is 4.77. The maximum atomic E-state index is 2.39. The zero-order chi connectivity index (χ0) is 24.7. The molecule has 0 nitrogen and oxygen atoms in total. The van der Waals surface area contributed by atoms with Crippen LogP contribution in [0.1, 0.15) is 163 Å². The van der Waals surface area contributed by atoms with Gasteiger partial charge in [0, 0.05) is 0 Å². The average molecular weight is 445 g/mol. The predicted molar refractivity (Wildman–Crippen MR) is 153 cm³/mol. The summed E-state index contributed by atoms with van der Waals surface area (Å²) in [5.74, 6) is 6.89. The minimum atomic E-state index is 0. The fraction of sp³-hybridized carbons (Fsp3) is 1.00. The summed E-state index contributed by atoms with van der Waals surface area (Å²) < 4.78 is 0. The minimum absolute atomic E-state index is 0. The fourth-order valence-electron chi connectivity index (χ4n) is 4.37. The first-order chi connectivity index (χ1) is 14.3. The quantitative estimate of drug-likeness (QED) is 0.404. The van der Waals surface area contributed by atoms with Crippen LogP contribution in [0.5, 0.6) is 0 Å². The Morgan fingerprint density at radius 1 is 0.613 bits per heavy atom. The molecule has 2 rings (SSSR count). The molecule has 0 saturated heterocycles. The van der Waals surface area contributed by atoms with E-state index in [2.05, 4.69) is 48.5 Å². The predicted octanol–water partition coefficient (Wildman–Crippen LogP) is 12.3. The number of rotatable bonds is 4. The Kier molecular flexibility index (Phi) is 39.9. The second-order valence-corrected chi connectivity index (χ2v) is 9.53. The first kappa shape index (κ1) is 41.3. The molecule has 2 aliphatic rings. The van der Waals surface area contributed by atoms with Crippen LogP contribution in [-0.2, 0) is 0 Å². The van der Waals surface area contributed by atoms with E-state index in [0.717, 1.165) is 41.4 Å². The van der Waals surface area contributed by atoms with E-state index in [-0.39, 0.29) is 7.43 Å². The summed E-state index contributed by atoms with van der Waals surface area (Å²) in [5, 5.41) is 0. The number of hydrogen-bond acceptors (Lipinski definition) is 0. The summed E-state index contributed by atoms with van der Waals surface area (Å²) in [6.07, 6.45) is 11.8. The standard InChI is InChI=1S/C13H26.C9H18.4C2H6.CH4/c1-10(2)5-6-12-7-8-13(9-12)11(3)4;1-7-4-5-8(2)9(3)6-7;4*1-2;/h10-13H,5-9H2,1-4H3;7-9H,4-6H2,1-3H3;4*1-2H3;1H4. The molecule has 31 heavy (non-hydrogen) atoms. The van der Waals surface area contributed by atoms with Crippen LogP contribution in [0.15, 0.2) is 0 Å². The van der Waals surface area contributed by atoms with E-state index in [1.807, 2.05) is 55.4 Å². The number of hydrogen-bond donors (Lipinski definition) is 0. The third-order valence-corrected chi connectivity index (χ3v) is 6.54. The Bertz CT molecular complexity index is 278. The Balaban J connectivity index is -0.000000110. The monoisotopic (exact) mass is 445 g/mol. The van der Waals surface area contributed by atoms with Crippen molar-refractivity contribution in [3.63, 3.8) is 0 Å². The van der Waals surface area contributed by atoms with Crippen LogP contribution in [0.25, 0.3) is 0 Å². The van der Waals surface area contributed by atoms with E-state index in [4.69, 9.17) is 0 Å². The molecule has 5 atom stereocenters. The summed E-state index contributed by atoms with van der Waals surface area (Å²) in [6, 6.07) is 0. The molecule has 0 N–H and O–H groups in total. The first-order valence-electron chi connectivity index (χ1n) is 14.3. The maximum absolute atomic E-state index is 2.39. The molecule has 0 aromatic carbocycles. The smallest absolute Gasteiger partial charge is 0.0388 e. The van der Waals surface area contributed by atoms with Gasteiger partial charge < -0.3 is 0 Å². The third-order valence-electron chi connectivity index (χ3n) is 6.54. The molecule has 0 heteroatoms. The van der Waals surface area contributed by atoms with Crippen molar-refractivity contribution >= 4 is 0 Å². The van der Waals surface area contributed by atoms with Crippen LogP contribution < -0.4 is 0 Å². The van der Waals surface area contributed by atoms with Gasteiger partial charge in [0.25, 0.3) is 0 Å². The lowest BCUT2D eigenvalue weighted by atomic mass is 9.77. The van der Waals surface area contributed by atoms with E-state index in [1.165, 1.54) is 51.4 Å². The van der Waals surface area contributed by atoms with Crippen LogP contribution in [0.3, 0.4) is 0 Å². The Morgan fingerprint density at radius 3 is 1.42 bits per heavy atom. The molecule has 0 aromatic heterocycles. The molecule has 0 aromatic rings. The maximum Gasteiger partial charge on any atom is -0.0388 e. The van der Waals surface area contributed by atoms with Crippen LogP contribution in [-0.4, -0.2) is 0 Å². The fourth-order valence-corrected chi connectivity index (χ4v) is 4.37. The molecule has 196 valence electrons. The Labute approximate surface area is 204 Å². The van der Waals surface area contributed by atoms with Gasteiger partial charge >= 0.3 is 0 Å². The normalized spacial score (nSPS) is 26.0. The van der Waals surface area contributed by atoms with Crippen LogP contribution >= 0.6 is 0 Å². The summed E-state index contributed by atoms with van der Waals surface area (Å²) in [6.45, 7) is 32.6. The van der Waals surface area contributed by atoms with Gasteiger partial charge in [-0.25, -0.2) is 0 Å². The van der Waals surface area contributed by atoms with Crippen molar-refractivity contribution < 1.29 is 0 Å². The molecular weight excluding hydrogens is 372 g/mol. The molecule has 0 spiro atoms. The van der Waals surface area contributed by atoms with E-state index in [1.54, 1.807) is 0 Å². The van der Waals surface area contributed by atoms with Crippen molar-refractivity contribution in [2.24, 2.45) is 41.4 Å². The van der Waals surface area contributed by atoms with Gasteiger partial charge in [0.15, 0.2) is 0 Å². The average Bonchev–Trinajstić information content (AvgIpc) is 3.25. The highest BCUT2D eigenvalue weighted by Crippen LogP contribution is 2.38. The zero-order valence-corrected chi connectivity index (χ0v) is 24.7. The molecule has 2 fully saturated rings. The van der Waals surface area contributed by atoms with Crippen LogP contribution in [0.4, 0.5) is 0 Å². The second kappa shape index (κ2) is 30.0. The summed E-state index contributed by atoms with van der Waals surface area (Å²) in [7, 11) is 0. The lowest BCUT2D eigenvalue weighted by Crippen LogP contribution is -2.18. The molecule has 0 aliphatic heterocycles. The Hall–Kier alpha value is 0. The molecule has 2 saturated carbocycles. The molecule has 2 aliphatic carbocycles. The van der Waals surface area contributed by atoms with E-state index in [0.29, 0.717) is 0 Å². The second-order valence-electron chi connectivity index (χ2n) is 9.53. The lowest BCUT2D eigenvalue weighted by molar-refractivity contribution is 0.220. The van der Waals surface area contributed by atoms with Gasteiger partial charge in [-0.05, 0) is 60.7 Å². The van der Waals surface area contributed by atoms with Gasteiger partial charge in [0.2, 0.25) is 0 Å². The van der Waals surface area contributed by atoms with Gasteiger partial charge in [0.05, 0.1) is 0 Å². The molecule has 0 amide bonds. The first-order valence-corrected chi connectivity index (χ1v) is 14.3. The van der Waals surface area contributed by atoms with Gasteiger partial charge in [-0.1, -0.05) is 143 Å². The summed E-state index contributed by atoms with van der Waals surface area (Å²) >= 11 is 0. The molecular formula is C31H72. The van der Waals surface area contributed by atoms with Crippen molar-refractivity contribution in [3.05, 3.63) is 0 Å². The van der Waals surface area contributed by atoms with Crippen LogP contribution in [0, 0.1) is 41.4 Å². The van der Waals surface area contributed by atoms with Crippen molar-refractivity contribution in [1.82, 2.24) is 0 Å². The van der Waals surface area contributed by atoms with Crippen molar-refractivity contribution in [2.75, 3.05) is 0 Å². The van der Waals surface area contributed by atoms with Gasteiger partial charge in [-0.2, -0.15) is 0 Å². The van der Waals surface area contributed by atoms with E-state index < -0.39 is 0 Å². The molecule has 5 unspecified atom stereocenters. The molecule has 0 radical (unpaired) electrons. The summed E-state index contributed by atoms with van der Waals surface area (Å²) in [5.41, 5.74) is 0. The molecule has 0 heterocycles. The highest BCUT2D eigenvalue weighted by atomic mass is 14.3. The van der Waals surface area contributed by atoms with Gasteiger partial charge in [-0.15, -0.1) is 0 Å². The van der Waals surface area contributed by atoms with E-state index >= 15 is 0 Å². The van der Waals surface area contributed by atoms with E-state index in [9.17, 15) is 0 Å². The SMILES string of the molecule is C.CC.CC.CC.CC.CC(C)CCC1CCC(C(C)C)C1.CC1CCC(C)C(C)C1. The molecule has 0 bridgehead atoms. The summed E-state index contributed by atoms with van der Waals surface area (Å²) in [4.78, 5) is 0.